The third-order valence-corrected chi connectivity index (χ3v) is 5.22. The topological polar surface area (TPSA) is 72.1 Å². The molecule has 0 aromatic heterocycles. The quantitative estimate of drug-likeness (QED) is 0.653. The van der Waals surface area contributed by atoms with Crippen LogP contribution in [-0.2, 0) is 11.3 Å². The average molecular weight is 414 g/mol. The molecule has 0 saturated carbocycles. The van der Waals surface area contributed by atoms with Gasteiger partial charge in [0.05, 0.1) is 20.8 Å². The summed E-state index contributed by atoms with van der Waals surface area (Å²) < 4.78 is 16.1. The Balaban J connectivity index is 1.46. The minimum absolute atomic E-state index is 0.186. The fourth-order valence-electron chi connectivity index (χ4n) is 3.53. The Morgan fingerprint density at radius 1 is 1.10 bits per heavy atom. The molecular weight excluding hydrogens is 382 g/mol. The molecule has 1 heterocycles. The first-order valence-electron chi connectivity index (χ1n) is 10.3. The summed E-state index contributed by atoms with van der Waals surface area (Å²) in [5.74, 6) is 1.94. The molecule has 2 amide bonds. The minimum Gasteiger partial charge on any atom is -0.497 e. The van der Waals surface area contributed by atoms with Crippen LogP contribution in [0.5, 0.6) is 11.5 Å². The average Bonchev–Trinajstić information content (AvgIpc) is 3.26. The van der Waals surface area contributed by atoms with Gasteiger partial charge in [0, 0.05) is 55.8 Å². The van der Waals surface area contributed by atoms with Crippen LogP contribution in [0, 0.1) is 5.92 Å². The zero-order valence-corrected chi connectivity index (χ0v) is 17.9. The van der Waals surface area contributed by atoms with Crippen molar-refractivity contribution in [2.45, 2.75) is 20.0 Å². The molecule has 1 aliphatic rings. The van der Waals surface area contributed by atoms with E-state index in [1.165, 1.54) is 0 Å². The van der Waals surface area contributed by atoms with Gasteiger partial charge in [-0.05, 0) is 37.0 Å². The number of carbonyl (C=O) groups excluding carboxylic acids is 1. The number of nitrogens with one attached hydrogen (secondary N) is 2. The van der Waals surface area contributed by atoms with Gasteiger partial charge in [-0.15, -0.1) is 0 Å². The molecule has 0 unspecified atom stereocenters. The van der Waals surface area contributed by atoms with Crippen LogP contribution >= 0.6 is 0 Å². The highest BCUT2D eigenvalue weighted by Gasteiger charge is 2.24. The van der Waals surface area contributed by atoms with Gasteiger partial charge in [0.15, 0.2) is 0 Å². The van der Waals surface area contributed by atoms with Crippen LogP contribution in [0.1, 0.15) is 18.9 Å². The molecule has 2 aromatic carbocycles. The van der Waals surface area contributed by atoms with Gasteiger partial charge < -0.3 is 29.7 Å². The first-order valence-corrected chi connectivity index (χ1v) is 10.3. The Bertz CT molecular complexity index is 803. The number of urea groups is 1. The first-order chi connectivity index (χ1) is 14.6. The van der Waals surface area contributed by atoms with Crippen molar-refractivity contribution in [2.75, 3.05) is 50.7 Å². The van der Waals surface area contributed by atoms with Crippen molar-refractivity contribution in [3.05, 3.63) is 48.0 Å². The molecule has 0 aliphatic carbocycles. The van der Waals surface area contributed by atoms with Crippen molar-refractivity contribution in [3.8, 4) is 11.5 Å². The summed E-state index contributed by atoms with van der Waals surface area (Å²) in [5, 5.41) is 5.87. The lowest BCUT2D eigenvalue weighted by atomic mass is 10.1. The number of hydrogen-bond donors (Lipinski definition) is 2. The molecular formula is C23H31N3O4. The van der Waals surface area contributed by atoms with E-state index in [1.807, 2.05) is 49.4 Å². The molecule has 1 atom stereocenters. The van der Waals surface area contributed by atoms with Crippen LogP contribution in [0.15, 0.2) is 42.5 Å². The van der Waals surface area contributed by atoms with Crippen LogP contribution in [0.3, 0.4) is 0 Å². The Hall–Kier alpha value is -2.93. The van der Waals surface area contributed by atoms with Crippen LogP contribution in [0.2, 0.25) is 0 Å². The normalized spacial score (nSPS) is 15.7. The van der Waals surface area contributed by atoms with E-state index in [-0.39, 0.29) is 6.03 Å². The van der Waals surface area contributed by atoms with Crippen molar-refractivity contribution in [2.24, 2.45) is 5.92 Å². The van der Waals surface area contributed by atoms with Crippen molar-refractivity contribution in [1.29, 1.82) is 0 Å². The predicted molar refractivity (Wildman–Crippen MR) is 119 cm³/mol. The lowest BCUT2D eigenvalue weighted by Gasteiger charge is -2.20. The zero-order valence-electron chi connectivity index (χ0n) is 17.9. The van der Waals surface area contributed by atoms with Crippen LogP contribution in [0.4, 0.5) is 16.2 Å². The molecule has 0 radical (unpaired) electrons. The van der Waals surface area contributed by atoms with E-state index in [0.29, 0.717) is 25.7 Å². The summed E-state index contributed by atoms with van der Waals surface area (Å²) in [6, 6.07) is 13.4. The van der Waals surface area contributed by atoms with Gasteiger partial charge in [-0.2, -0.15) is 0 Å². The van der Waals surface area contributed by atoms with E-state index in [4.69, 9.17) is 14.2 Å². The van der Waals surface area contributed by atoms with E-state index >= 15 is 0 Å². The third kappa shape index (κ3) is 6.03. The van der Waals surface area contributed by atoms with Gasteiger partial charge in [-0.1, -0.05) is 12.1 Å². The van der Waals surface area contributed by atoms with Gasteiger partial charge in [0.1, 0.15) is 11.5 Å². The number of hydrogen-bond acceptors (Lipinski definition) is 5. The molecule has 7 heteroatoms. The SMILES string of the molecule is CCOCc1ccc(NC(=O)NC[C@H]2CCN(c3cc(OC)cc(OC)c3)C2)cc1. The number of benzene rings is 2. The summed E-state index contributed by atoms with van der Waals surface area (Å²) in [4.78, 5) is 14.5. The third-order valence-electron chi connectivity index (χ3n) is 5.22. The largest absolute Gasteiger partial charge is 0.497 e. The van der Waals surface area contributed by atoms with Gasteiger partial charge in [0.25, 0.3) is 0 Å². The minimum atomic E-state index is -0.186. The summed E-state index contributed by atoms with van der Waals surface area (Å²) in [6.45, 7) is 5.68. The lowest BCUT2D eigenvalue weighted by molar-refractivity contribution is 0.134. The van der Waals surface area contributed by atoms with Gasteiger partial charge in [-0.25, -0.2) is 4.79 Å². The second-order valence-electron chi connectivity index (χ2n) is 7.34. The molecule has 162 valence electrons. The molecule has 0 bridgehead atoms. The number of amides is 2. The van der Waals surface area contributed by atoms with E-state index in [9.17, 15) is 4.79 Å². The Labute approximate surface area is 178 Å². The second-order valence-corrected chi connectivity index (χ2v) is 7.34. The smallest absolute Gasteiger partial charge is 0.319 e. The number of nitrogens with zero attached hydrogens (tertiary/aromatic N) is 1. The summed E-state index contributed by atoms with van der Waals surface area (Å²) in [6.07, 6.45) is 1.02. The van der Waals surface area contributed by atoms with Crippen LogP contribution in [0.25, 0.3) is 0 Å². The van der Waals surface area contributed by atoms with Crippen molar-refractivity contribution in [3.63, 3.8) is 0 Å². The van der Waals surface area contributed by atoms with Crippen molar-refractivity contribution in [1.82, 2.24) is 5.32 Å². The van der Waals surface area contributed by atoms with Crippen LogP contribution in [-0.4, -0.2) is 46.5 Å². The van der Waals surface area contributed by atoms with Gasteiger partial charge >= 0.3 is 6.03 Å². The van der Waals surface area contributed by atoms with E-state index < -0.39 is 0 Å². The molecule has 0 spiro atoms. The van der Waals surface area contributed by atoms with E-state index in [1.54, 1.807) is 14.2 Å². The summed E-state index contributed by atoms with van der Waals surface area (Å²) in [5.41, 5.74) is 2.93. The molecule has 3 rings (SSSR count). The number of anilines is 2. The maximum Gasteiger partial charge on any atom is 0.319 e. The highest BCUT2D eigenvalue weighted by Crippen LogP contribution is 2.31. The first kappa shape index (κ1) is 21.8. The second kappa shape index (κ2) is 10.7. The van der Waals surface area contributed by atoms with E-state index in [0.717, 1.165) is 47.9 Å². The van der Waals surface area contributed by atoms with E-state index in [2.05, 4.69) is 15.5 Å². The fourth-order valence-corrected chi connectivity index (χ4v) is 3.53. The molecule has 2 aromatic rings. The van der Waals surface area contributed by atoms with Crippen molar-refractivity contribution >= 4 is 17.4 Å². The molecule has 1 aliphatic heterocycles. The standard InChI is InChI=1S/C23H31N3O4/c1-4-30-16-17-5-7-19(8-6-17)25-23(27)24-14-18-9-10-26(15-18)20-11-21(28-2)13-22(12-20)29-3/h5-8,11-13,18H,4,9-10,14-16H2,1-3H3,(H2,24,25,27)/t18-/m1/s1. The predicted octanol–water partition coefficient (Wildman–Crippen LogP) is 3.89. The fraction of sp³-hybridized carbons (Fsp3) is 0.435. The van der Waals surface area contributed by atoms with Gasteiger partial charge in [0.2, 0.25) is 0 Å². The number of carbonyl (C=O) groups is 1. The van der Waals surface area contributed by atoms with Gasteiger partial charge in [-0.3, -0.25) is 0 Å². The molecule has 1 saturated heterocycles. The number of methoxy groups -OCH3 is 2. The Morgan fingerprint density at radius 2 is 1.80 bits per heavy atom. The highest BCUT2D eigenvalue weighted by atomic mass is 16.5. The maximum absolute atomic E-state index is 12.3. The summed E-state index contributed by atoms with van der Waals surface area (Å²) >= 11 is 0. The lowest BCUT2D eigenvalue weighted by Crippen LogP contribution is -2.34. The zero-order chi connectivity index (χ0) is 21.3. The molecule has 2 N–H and O–H groups in total. The molecule has 30 heavy (non-hydrogen) atoms. The van der Waals surface area contributed by atoms with Crippen LogP contribution < -0.4 is 25.0 Å². The molecule has 7 nitrogen and oxygen atoms in total. The highest BCUT2D eigenvalue weighted by molar-refractivity contribution is 5.89. The summed E-state index contributed by atoms with van der Waals surface area (Å²) in [7, 11) is 3.31. The van der Waals surface area contributed by atoms with Crippen molar-refractivity contribution < 1.29 is 19.0 Å². The number of ether oxygens (including phenoxy) is 3. The number of rotatable bonds is 9. The monoisotopic (exact) mass is 413 g/mol. The Morgan fingerprint density at radius 3 is 2.43 bits per heavy atom. The Kier molecular flexibility index (Phi) is 7.79. The molecule has 1 fully saturated rings. The maximum atomic E-state index is 12.3.